The van der Waals surface area contributed by atoms with Gasteiger partial charge in [0.15, 0.2) is 0 Å². The van der Waals surface area contributed by atoms with Gasteiger partial charge in [-0.2, -0.15) is 0 Å². The Balaban J connectivity index is 2.08. The molecular formula is C16H17ClFNO2. The van der Waals surface area contributed by atoms with Crippen LogP contribution in [-0.2, 0) is 6.54 Å². The second-order valence-electron chi connectivity index (χ2n) is 4.63. The van der Waals surface area contributed by atoms with E-state index in [4.69, 9.17) is 16.3 Å². The number of hydrogen-bond donors (Lipinski definition) is 2. The van der Waals surface area contributed by atoms with Crippen LogP contribution in [0.4, 0.5) is 4.39 Å². The van der Waals surface area contributed by atoms with Gasteiger partial charge in [0.25, 0.3) is 0 Å². The van der Waals surface area contributed by atoms with Crippen molar-refractivity contribution in [3.8, 4) is 5.75 Å². The van der Waals surface area contributed by atoms with Crippen molar-refractivity contribution in [2.45, 2.75) is 12.6 Å². The molecule has 0 spiro atoms. The number of halogens is 2. The first-order valence-corrected chi connectivity index (χ1v) is 6.94. The Morgan fingerprint density at radius 2 is 2.10 bits per heavy atom. The Morgan fingerprint density at radius 1 is 1.29 bits per heavy atom. The van der Waals surface area contributed by atoms with E-state index in [1.54, 1.807) is 13.2 Å². The first-order chi connectivity index (χ1) is 10.1. The molecule has 2 aromatic rings. The smallest absolute Gasteiger partial charge is 0.124 e. The second-order valence-corrected chi connectivity index (χ2v) is 5.04. The largest absolute Gasteiger partial charge is 0.497 e. The molecule has 0 fully saturated rings. The summed E-state index contributed by atoms with van der Waals surface area (Å²) in [6.45, 7) is 0.369. The van der Waals surface area contributed by atoms with E-state index < -0.39 is 0 Å². The monoisotopic (exact) mass is 309 g/mol. The topological polar surface area (TPSA) is 41.5 Å². The van der Waals surface area contributed by atoms with Crippen molar-refractivity contribution in [1.82, 2.24) is 5.32 Å². The Morgan fingerprint density at radius 3 is 2.76 bits per heavy atom. The van der Waals surface area contributed by atoms with E-state index in [2.05, 4.69) is 5.32 Å². The molecule has 2 rings (SSSR count). The minimum Gasteiger partial charge on any atom is -0.497 e. The summed E-state index contributed by atoms with van der Waals surface area (Å²) in [6, 6.07) is 11.5. The number of rotatable bonds is 6. The third-order valence-electron chi connectivity index (χ3n) is 3.23. The second kappa shape index (κ2) is 7.41. The lowest BCUT2D eigenvalue weighted by atomic mass is 10.1. The summed E-state index contributed by atoms with van der Waals surface area (Å²) in [5, 5.41) is 13.1. The van der Waals surface area contributed by atoms with Gasteiger partial charge in [0.2, 0.25) is 0 Å². The van der Waals surface area contributed by atoms with Crippen molar-refractivity contribution in [3.05, 3.63) is 64.4 Å². The Bertz CT molecular complexity index is 607. The number of benzene rings is 2. The molecule has 2 N–H and O–H groups in total. The van der Waals surface area contributed by atoms with Crippen LogP contribution in [0, 0.1) is 5.82 Å². The lowest BCUT2D eigenvalue weighted by Crippen LogP contribution is -2.24. The molecule has 0 radical (unpaired) electrons. The van der Waals surface area contributed by atoms with Crippen LogP contribution in [-0.4, -0.2) is 18.8 Å². The summed E-state index contributed by atoms with van der Waals surface area (Å²) in [6.07, 6.45) is 0. The highest BCUT2D eigenvalue weighted by atomic mass is 35.5. The third-order valence-corrected chi connectivity index (χ3v) is 3.58. The van der Waals surface area contributed by atoms with E-state index >= 15 is 0 Å². The number of methoxy groups -OCH3 is 1. The Kier molecular flexibility index (Phi) is 5.56. The van der Waals surface area contributed by atoms with Gasteiger partial charge < -0.3 is 15.2 Å². The van der Waals surface area contributed by atoms with Gasteiger partial charge in [-0.05, 0) is 35.4 Å². The minimum absolute atomic E-state index is 0.0635. The summed E-state index contributed by atoms with van der Waals surface area (Å²) < 4.78 is 18.2. The molecule has 3 nitrogen and oxygen atoms in total. The lowest BCUT2D eigenvalue weighted by molar-refractivity contribution is 0.243. The molecule has 112 valence electrons. The molecule has 21 heavy (non-hydrogen) atoms. The summed E-state index contributed by atoms with van der Waals surface area (Å²) in [5.41, 5.74) is 1.69. The van der Waals surface area contributed by atoms with E-state index in [-0.39, 0.29) is 18.5 Å². The zero-order valence-electron chi connectivity index (χ0n) is 11.6. The SMILES string of the molecule is COc1cccc(C(CO)NCc2ccc(F)cc2Cl)c1. The van der Waals surface area contributed by atoms with Gasteiger partial charge in [-0.25, -0.2) is 4.39 Å². The summed E-state index contributed by atoms with van der Waals surface area (Å²) in [5.74, 6) is 0.364. The normalized spacial score (nSPS) is 12.2. The first kappa shape index (κ1) is 15.8. The maximum Gasteiger partial charge on any atom is 0.124 e. The molecule has 0 bridgehead atoms. The van der Waals surface area contributed by atoms with Crippen molar-refractivity contribution in [3.63, 3.8) is 0 Å². The predicted octanol–water partition coefficient (Wildman–Crippen LogP) is 3.31. The first-order valence-electron chi connectivity index (χ1n) is 6.56. The van der Waals surface area contributed by atoms with Crippen LogP contribution < -0.4 is 10.1 Å². The highest BCUT2D eigenvalue weighted by Gasteiger charge is 2.11. The predicted molar refractivity (Wildman–Crippen MR) is 81.1 cm³/mol. The molecule has 0 saturated heterocycles. The standard InChI is InChI=1S/C16H17ClFNO2/c1-21-14-4-2-3-11(7-14)16(10-20)19-9-12-5-6-13(18)8-15(12)17/h2-8,16,19-20H,9-10H2,1H3. The average molecular weight is 310 g/mol. The maximum atomic E-state index is 13.0. The van der Waals surface area contributed by atoms with E-state index in [1.807, 2.05) is 24.3 Å². The van der Waals surface area contributed by atoms with Gasteiger partial charge in [0, 0.05) is 11.6 Å². The quantitative estimate of drug-likeness (QED) is 0.860. The zero-order valence-corrected chi connectivity index (χ0v) is 12.4. The van der Waals surface area contributed by atoms with Crippen molar-refractivity contribution in [2.24, 2.45) is 0 Å². The van der Waals surface area contributed by atoms with Gasteiger partial charge in [-0.15, -0.1) is 0 Å². The molecule has 1 unspecified atom stereocenters. The third kappa shape index (κ3) is 4.17. The number of ether oxygens (including phenoxy) is 1. The molecule has 0 heterocycles. The van der Waals surface area contributed by atoms with E-state index in [0.717, 1.165) is 16.9 Å². The highest BCUT2D eigenvalue weighted by molar-refractivity contribution is 6.31. The fourth-order valence-corrected chi connectivity index (χ4v) is 2.28. The van der Waals surface area contributed by atoms with Crippen molar-refractivity contribution in [2.75, 3.05) is 13.7 Å². The summed E-state index contributed by atoms with van der Waals surface area (Å²) in [7, 11) is 1.60. The molecule has 0 aliphatic carbocycles. The lowest BCUT2D eigenvalue weighted by Gasteiger charge is -2.18. The average Bonchev–Trinajstić information content (AvgIpc) is 2.50. The number of hydrogen-bond acceptors (Lipinski definition) is 3. The van der Waals surface area contributed by atoms with Crippen LogP contribution in [0.25, 0.3) is 0 Å². The molecule has 5 heteroatoms. The van der Waals surface area contributed by atoms with Crippen molar-refractivity contribution in [1.29, 1.82) is 0 Å². The van der Waals surface area contributed by atoms with Gasteiger partial charge in [-0.1, -0.05) is 29.8 Å². The molecule has 2 aromatic carbocycles. The number of nitrogens with one attached hydrogen (secondary N) is 1. The van der Waals surface area contributed by atoms with Crippen LogP contribution in [0.1, 0.15) is 17.2 Å². The molecular weight excluding hydrogens is 293 g/mol. The van der Waals surface area contributed by atoms with E-state index in [1.165, 1.54) is 12.1 Å². The van der Waals surface area contributed by atoms with Crippen LogP contribution in [0.15, 0.2) is 42.5 Å². The maximum absolute atomic E-state index is 13.0. The fourth-order valence-electron chi connectivity index (χ4n) is 2.04. The number of aliphatic hydroxyl groups excluding tert-OH is 1. The van der Waals surface area contributed by atoms with E-state index in [9.17, 15) is 9.50 Å². The van der Waals surface area contributed by atoms with Crippen molar-refractivity contribution >= 4 is 11.6 Å². The Labute approximate surface area is 128 Å². The van der Waals surface area contributed by atoms with E-state index in [0.29, 0.717) is 11.6 Å². The number of aliphatic hydroxyl groups is 1. The van der Waals surface area contributed by atoms with Crippen LogP contribution in [0.5, 0.6) is 5.75 Å². The molecule has 0 saturated carbocycles. The van der Waals surface area contributed by atoms with Crippen LogP contribution in [0.2, 0.25) is 5.02 Å². The van der Waals surface area contributed by atoms with Crippen molar-refractivity contribution < 1.29 is 14.2 Å². The molecule has 1 atom stereocenters. The van der Waals surface area contributed by atoms with Crippen LogP contribution in [0.3, 0.4) is 0 Å². The van der Waals surface area contributed by atoms with Gasteiger partial charge >= 0.3 is 0 Å². The summed E-state index contributed by atoms with van der Waals surface area (Å²) >= 11 is 5.99. The molecule has 0 amide bonds. The van der Waals surface area contributed by atoms with Crippen LogP contribution >= 0.6 is 11.6 Å². The summed E-state index contributed by atoms with van der Waals surface area (Å²) in [4.78, 5) is 0. The van der Waals surface area contributed by atoms with Gasteiger partial charge in [0.05, 0.1) is 19.8 Å². The molecule has 0 aromatic heterocycles. The highest BCUT2D eigenvalue weighted by Crippen LogP contribution is 2.21. The molecule has 0 aliphatic heterocycles. The zero-order chi connectivity index (χ0) is 15.2. The Hall–Kier alpha value is -1.62. The fraction of sp³-hybridized carbons (Fsp3) is 0.250. The molecule has 0 aliphatic rings. The van der Waals surface area contributed by atoms with Gasteiger partial charge in [0.1, 0.15) is 11.6 Å². The van der Waals surface area contributed by atoms with Gasteiger partial charge in [-0.3, -0.25) is 0 Å². The minimum atomic E-state index is -0.366.